The summed E-state index contributed by atoms with van der Waals surface area (Å²) >= 11 is 0. The number of nitrogens with one attached hydrogen (secondary N) is 1. The SMILES string of the molecule is O=C(O)c1cn(C2CC2)c2c(OC(F)F)c(-c3ccc4c(c3)CNCC43CC3)ccc2c1=O. The van der Waals surface area contributed by atoms with Gasteiger partial charge in [-0.05, 0) is 60.6 Å². The molecule has 2 N–H and O–H groups in total. The molecule has 2 fully saturated rings. The van der Waals surface area contributed by atoms with Crippen molar-refractivity contribution in [3.8, 4) is 16.9 Å². The van der Waals surface area contributed by atoms with Crippen LogP contribution in [0.3, 0.4) is 0 Å². The number of ether oxygens (including phenoxy) is 1. The minimum absolute atomic E-state index is 0.0519. The van der Waals surface area contributed by atoms with Crippen molar-refractivity contribution in [3.63, 3.8) is 0 Å². The number of aromatic nitrogens is 1. The first-order chi connectivity index (χ1) is 15.9. The topological polar surface area (TPSA) is 80.6 Å². The molecule has 0 saturated heterocycles. The van der Waals surface area contributed by atoms with Crippen LogP contribution < -0.4 is 15.5 Å². The number of halogens is 2. The Morgan fingerprint density at radius 2 is 2.00 bits per heavy atom. The number of aromatic carboxylic acids is 1. The molecule has 3 aromatic rings. The summed E-state index contributed by atoms with van der Waals surface area (Å²) in [4.78, 5) is 24.5. The van der Waals surface area contributed by atoms with Crippen LogP contribution in [0.15, 0.2) is 41.3 Å². The first-order valence-electron chi connectivity index (χ1n) is 11.1. The molecule has 0 amide bonds. The lowest BCUT2D eigenvalue weighted by Gasteiger charge is -2.27. The summed E-state index contributed by atoms with van der Waals surface area (Å²) in [6.45, 7) is -1.43. The van der Waals surface area contributed by atoms with E-state index in [1.165, 1.54) is 17.8 Å². The van der Waals surface area contributed by atoms with E-state index in [2.05, 4.69) is 11.4 Å². The molecule has 1 aromatic heterocycles. The number of nitrogens with zero attached hydrogens (tertiary/aromatic N) is 1. The molecule has 6 rings (SSSR count). The Morgan fingerprint density at radius 1 is 1.21 bits per heavy atom. The van der Waals surface area contributed by atoms with Gasteiger partial charge in [0, 0.05) is 36.3 Å². The zero-order valence-corrected chi connectivity index (χ0v) is 17.7. The fourth-order valence-corrected chi connectivity index (χ4v) is 5.20. The molecule has 2 heterocycles. The first-order valence-corrected chi connectivity index (χ1v) is 11.1. The van der Waals surface area contributed by atoms with Crippen molar-refractivity contribution in [2.75, 3.05) is 6.54 Å². The highest BCUT2D eigenvalue weighted by Crippen LogP contribution is 2.51. The minimum atomic E-state index is -3.09. The van der Waals surface area contributed by atoms with Gasteiger partial charge in [-0.3, -0.25) is 4.79 Å². The highest BCUT2D eigenvalue weighted by molar-refractivity contribution is 5.97. The molecule has 1 spiro atoms. The molecule has 3 aliphatic rings. The number of benzene rings is 2. The molecule has 8 heteroatoms. The fourth-order valence-electron chi connectivity index (χ4n) is 5.20. The van der Waals surface area contributed by atoms with E-state index in [1.807, 2.05) is 12.1 Å². The van der Waals surface area contributed by atoms with Crippen molar-refractivity contribution in [1.29, 1.82) is 0 Å². The highest BCUT2D eigenvalue weighted by atomic mass is 19.3. The lowest BCUT2D eigenvalue weighted by atomic mass is 9.86. The second-order valence-electron chi connectivity index (χ2n) is 9.29. The summed E-state index contributed by atoms with van der Waals surface area (Å²) in [5, 5.41) is 13.0. The Kier molecular flexibility index (Phi) is 4.39. The normalized spacial score (nSPS) is 18.5. The zero-order chi connectivity index (χ0) is 22.9. The lowest BCUT2D eigenvalue weighted by Crippen LogP contribution is -2.33. The van der Waals surface area contributed by atoms with Crippen LogP contribution in [0.5, 0.6) is 5.75 Å². The molecule has 2 saturated carbocycles. The molecule has 170 valence electrons. The van der Waals surface area contributed by atoms with E-state index in [9.17, 15) is 23.5 Å². The molecule has 6 nitrogen and oxygen atoms in total. The number of rotatable bonds is 5. The second-order valence-corrected chi connectivity index (χ2v) is 9.29. The fraction of sp³-hybridized carbons (Fsp3) is 0.360. The molecule has 0 radical (unpaired) electrons. The molecule has 0 atom stereocenters. The van der Waals surface area contributed by atoms with Crippen molar-refractivity contribution < 1.29 is 23.4 Å². The molecule has 0 bridgehead atoms. The highest BCUT2D eigenvalue weighted by Gasteiger charge is 2.46. The van der Waals surface area contributed by atoms with Gasteiger partial charge < -0.3 is 19.7 Å². The maximum Gasteiger partial charge on any atom is 0.387 e. The van der Waals surface area contributed by atoms with E-state index in [0.29, 0.717) is 12.1 Å². The third kappa shape index (κ3) is 3.23. The third-order valence-corrected chi connectivity index (χ3v) is 7.14. The number of carboxylic acids is 1. The van der Waals surface area contributed by atoms with Gasteiger partial charge in [-0.1, -0.05) is 12.1 Å². The Bertz CT molecular complexity index is 1370. The van der Waals surface area contributed by atoms with Gasteiger partial charge in [0.05, 0.1) is 10.9 Å². The second kappa shape index (κ2) is 7.12. The predicted molar refractivity (Wildman–Crippen MR) is 118 cm³/mol. The van der Waals surface area contributed by atoms with Crippen LogP contribution in [0.4, 0.5) is 8.78 Å². The van der Waals surface area contributed by atoms with E-state index in [-0.39, 0.29) is 33.7 Å². The number of carbonyl (C=O) groups is 1. The van der Waals surface area contributed by atoms with Crippen LogP contribution in [0.1, 0.15) is 53.2 Å². The number of carboxylic acid groups (broad SMARTS) is 1. The van der Waals surface area contributed by atoms with Crippen LogP contribution in [0.25, 0.3) is 22.0 Å². The summed E-state index contributed by atoms with van der Waals surface area (Å²) in [5.74, 6) is -1.43. The van der Waals surface area contributed by atoms with Crippen LogP contribution in [0, 0.1) is 0 Å². The van der Waals surface area contributed by atoms with E-state index >= 15 is 0 Å². The lowest BCUT2D eigenvalue weighted by molar-refractivity contribution is -0.0486. The summed E-state index contributed by atoms with van der Waals surface area (Å²) in [5.41, 5.74) is 2.96. The van der Waals surface area contributed by atoms with E-state index in [4.69, 9.17) is 4.74 Å². The first kappa shape index (κ1) is 20.4. The third-order valence-electron chi connectivity index (χ3n) is 7.14. The van der Waals surface area contributed by atoms with Gasteiger partial charge in [-0.2, -0.15) is 8.78 Å². The summed E-state index contributed by atoms with van der Waals surface area (Å²) < 4.78 is 33.8. The number of hydrogen-bond donors (Lipinski definition) is 2. The van der Waals surface area contributed by atoms with Crippen molar-refractivity contribution >= 4 is 16.9 Å². The average Bonchev–Trinajstić information content (AvgIpc) is 3.70. The van der Waals surface area contributed by atoms with E-state index < -0.39 is 18.0 Å². The van der Waals surface area contributed by atoms with Gasteiger partial charge >= 0.3 is 12.6 Å². The molecular formula is C25H22F2N2O4. The smallest absolute Gasteiger partial charge is 0.387 e. The van der Waals surface area contributed by atoms with Crippen LogP contribution in [-0.4, -0.2) is 28.8 Å². The van der Waals surface area contributed by atoms with Gasteiger partial charge in [-0.25, -0.2) is 4.79 Å². The van der Waals surface area contributed by atoms with Crippen LogP contribution in [0.2, 0.25) is 0 Å². The van der Waals surface area contributed by atoms with Gasteiger partial charge in [-0.15, -0.1) is 0 Å². The summed E-state index contributed by atoms with van der Waals surface area (Å²) in [6, 6.07) is 9.06. The number of alkyl halides is 2. The van der Waals surface area contributed by atoms with Gasteiger partial charge in [0.2, 0.25) is 5.43 Å². The van der Waals surface area contributed by atoms with Crippen molar-refractivity contribution in [3.05, 3.63) is 63.4 Å². The van der Waals surface area contributed by atoms with E-state index in [1.54, 1.807) is 10.6 Å². The monoisotopic (exact) mass is 452 g/mol. The molecule has 33 heavy (non-hydrogen) atoms. The largest absolute Gasteiger partial charge is 0.477 e. The van der Waals surface area contributed by atoms with Gasteiger partial charge in [0.1, 0.15) is 5.56 Å². The standard InChI is InChI=1S/C25H22F2N2O4/c26-24(27)33-22-16(13-1-6-19-14(9-13)10-28-12-25(19)7-8-25)4-5-17-20(22)29(15-2-3-15)11-18(21(17)30)23(31)32/h1,4-6,9,11,15,24,28H,2-3,7-8,10,12H2,(H,31,32). The maximum absolute atomic E-state index is 13.6. The summed E-state index contributed by atoms with van der Waals surface area (Å²) in [7, 11) is 0. The molecular weight excluding hydrogens is 430 g/mol. The maximum atomic E-state index is 13.6. The van der Waals surface area contributed by atoms with Crippen LogP contribution >= 0.6 is 0 Å². The van der Waals surface area contributed by atoms with Crippen LogP contribution in [-0.2, 0) is 12.0 Å². The Labute approximate surface area is 187 Å². The predicted octanol–water partition coefficient (Wildman–Crippen LogP) is 4.44. The van der Waals surface area contributed by atoms with Gasteiger partial charge in [0.25, 0.3) is 0 Å². The number of pyridine rings is 1. The molecule has 0 unspecified atom stereocenters. The quantitative estimate of drug-likeness (QED) is 0.598. The zero-order valence-electron chi connectivity index (χ0n) is 17.7. The van der Waals surface area contributed by atoms with Crippen molar-refractivity contribution in [2.24, 2.45) is 0 Å². The van der Waals surface area contributed by atoms with Crippen molar-refractivity contribution in [1.82, 2.24) is 9.88 Å². The number of fused-ring (bicyclic) bond motifs is 3. The minimum Gasteiger partial charge on any atom is -0.477 e. The number of hydrogen-bond acceptors (Lipinski definition) is 4. The Hall–Kier alpha value is -3.26. The van der Waals surface area contributed by atoms with E-state index in [0.717, 1.165) is 43.4 Å². The van der Waals surface area contributed by atoms with Crippen molar-refractivity contribution in [2.45, 2.75) is 50.3 Å². The molecule has 1 aliphatic heterocycles. The van der Waals surface area contributed by atoms with Gasteiger partial charge in [0.15, 0.2) is 5.75 Å². The molecule has 2 aliphatic carbocycles. The Balaban J connectivity index is 1.60. The molecule has 2 aromatic carbocycles. The summed E-state index contributed by atoms with van der Waals surface area (Å²) in [6.07, 6.45) is 5.10. The Morgan fingerprint density at radius 3 is 2.67 bits per heavy atom. The average molecular weight is 452 g/mol.